The molecule has 0 bridgehead atoms. The number of ether oxygens (including phenoxy) is 1. The molecule has 0 aromatic heterocycles. The van der Waals surface area contributed by atoms with Gasteiger partial charge in [-0.25, -0.2) is 4.39 Å². The molecule has 0 fully saturated rings. The minimum atomic E-state index is -2.05. The Hall–Kier alpha value is -2.96. The molecule has 0 unspecified atom stereocenters. The van der Waals surface area contributed by atoms with E-state index in [1.807, 2.05) is 18.2 Å². The monoisotopic (exact) mass is 387 g/mol. The molecule has 0 spiro atoms. The molecule has 4 aromatic rings. The Bertz CT molecular complexity index is 906. The molecule has 0 saturated carbocycles. The third-order valence-electron chi connectivity index (χ3n) is 4.83. The number of hydrogen-bond donors (Lipinski definition) is 0. The highest BCUT2D eigenvalue weighted by Gasteiger charge is 2.46. The SMILES string of the molecule is Fc1ccc(OC[P+](c2ccccc2)(c2ccccc2)c2ccccc2)cc1. The third-order valence-corrected chi connectivity index (χ3v) is 8.88. The predicted molar refractivity (Wildman–Crippen MR) is 117 cm³/mol. The number of benzene rings is 4. The van der Waals surface area contributed by atoms with Gasteiger partial charge < -0.3 is 4.74 Å². The summed E-state index contributed by atoms with van der Waals surface area (Å²) in [5, 5.41) is 3.78. The van der Waals surface area contributed by atoms with E-state index in [4.69, 9.17) is 4.74 Å². The number of rotatable bonds is 6. The second-order valence-corrected chi connectivity index (χ2v) is 9.97. The molecule has 0 aliphatic heterocycles. The van der Waals surface area contributed by atoms with Crippen LogP contribution in [0.25, 0.3) is 0 Å². The van der Waals surface area contributed by atoms with E-state index in [0.29, 0.717) is 12.1 Å². The highest BCUT2D eigenvalue weighted by molar-refractivity contribution is 7.95. The zero-order valence-corrected chi connectivity index (χ0v) is 16.3. The van der Waals surface area contributed by atoms with Crippen molar-refractivity contribution in [1.82, 2.24) is 0 Å². The summed E-state index contributed by atoms with van der Waals surface area (Å²) in [6, 6.07) is 37.9. The van der Waals surface area contributed by atoms with Crippen molar-refractivity contribution in [3.63, 3.8) is 0 Å². The van der Waals surface area contributed by atoms with Crippen LogP contribution in [0.15, 0.2) is 115 Å². The molecule has 0 saturated heterocycles. The standard InChI is InChI=1S/C25H21FOP/c26-21-16-18-22(19-17-21)27-20-28(23-10-4-1-5-11-23,24-12-6-2-7-13-24)25-14-8-3-9-15-25/h1-19H,20H2/q+1. The van der Waals surface area contributed by atoms with Crippen LogP contribution in [-0.4, -0.2) is 6.35 Å². The molecule has 3 heteroatoms. The molecule has 138 valence electrons. The van der Waals surface area contributed by atoms with Gasteiger partial charge in [-0.2, -0.15) is 0 Å². The Morgan fingerprint density at radius 3 is 1.32 bits per heavy atom. The fourth-order valence-corrected chi connectivity index (χ4v) is 7.15. The average molecular weight is 387 g/mol. The van der Waals surface area contributed by atoms with Gasteiger partial charge in [0.05, 0.1) is 0 Å². The van der Waals surface area contributed by atoms with Crippen LogP contribution >= 0.6 is 7.26 Å². The highest BCUT2D eigenvalue weighted by atomic mass is 31.2. The minimum absolute atomic E-state index is 0.261. The third kappa shape index (κ3) is 3.69. The summed E-state index contributed by atoms with van der Waals surface area (Å²) in [6.07, 6.45) is 0.511. The van der Waals surface area contributed by atoms with E-state index in [2.05, 4.69) is 72.8 Å². The van der Waals surface area contributed by atoms with E-state index in [0.717, 1.165) is 0 Å². The molecule has 4 aromatic carbocycles. The maximum absolute atomic E-state index is 13.3. The first-order valence-corrected chi connectivity index (χ1v) is 11.2. The van der Waals surface area contributed by atoms with Crippen LogP contribution in [0.1, 0.15) is 0 Å². The summed E-state index contributed by atoms with van der Waals surface area (Å²) in [4.78, 5) is 0. The number of hydrogen-bond acceptors (Lipinski definition) is 1. The summed E-state index contributed by atoms with van der Waals surface area (Å²) >= 11 is 0. The molecule has 28 heavy (non-hydrogen) atoms. The van der Waals surface area contributed by atoms with Gasteiger partial charge in [0.15, 0.2) is 7.26 Å². The first kappa shape index (κ1) is 18.4. The second-order valence-electron chi connectivity index (χ2n) is 6.54. The van der Waals surface area contributed by atoms with Gasteiger partial charge in [0.25, 0.3) is 0 Å². The van der Waals surface area contributed by atoms with Gasteiger partial charge in [-0.15, -0.1) is 0 Å². The van der Waals surface area contributed by atoms with Crippen LogP contribution in [0.4, 0.5) is 4.39 Å². The van der Waals surface area contributed by atoms with Gasteiger partial charge in [0.2, 0.25) is 6.35 Å². The van der Waals surface area contributed by atoms with E-state index in [9.17, 15) is 4.39 Å². The van der Waals surface area contributed by atoms with Crippen molar-refractivity contribution in [2.24, 2.45) is 0 Å². The van der Waals surface area contributed by atoms with Crippen molar-refractivity contribution in [2.75, 3.05) is 6.35 Å². The van der Waals surface area contributed by atoms with E-state index in [1.54, 1.807) is 12.1 Å². The van der Waals surface area contributed by atoms with Gasteiger partial charge in [0.1, 0.15) is 27.5 Å². The zero-order chi connectivity index (χ0) is 19.2. The first-order valence-electron chi connectivity index (χ1n) is 9.22. The van der Waals surface area contributed by atoms with Gasteiger partial charge in [-0.1, -0.05) is 54.6 Å². The molecule has 0 aliphatic carbocycles. The molecule has 0 aliphatic rings. The van der Waals surface area contributed by atoms with Gasteiger partial charge in [-0.05, 0) is 60.7 Å². The van der Waals surface area contributed by atoms with Gasteiger partial charge in [0, 0.05) is 0 Å². The summed E-state index contributed by atoms with van der Waals surface area (Å²) in [6.45, 7) is 0. The molecular weight excluding hydrogens is 366 g/mol. The summed E-state index contributed by atoms with van der Waals surface area (Å²) in [5.41, 5.74) is 0. The molecular formula is C25H21FOP+. The fraction of sp³-hybridized carbons (Fsp3) is 0.0400. The lowest BCUT2D eigenvalue weighted by Gasteiger charge is -2.27. The van der Waals surface area contributed by atoms with Crippen LogP contribution in [0, 0.1) is 5.82 Å². The average Bonchev–Trinajstić information content (AvgIpc) is 2.78. The predicted octanol–water partition coefficient (Wildman–Crippen LogP) is 5.16. The quantitative estimate of drug-likeness (QED) is 0.416. The van der Waals surface area contributed by atoms with Crippen molar-refractivity contribution < 1.29 is 9.13 Å². The van der Waals surface area contributed by atoms with Crippen molar-refractivity contribution in [1.29, 1.82) is 0 Å². The zero-order valence-electron chi connectivity index (χ0n) is 15.4. The Labute approximate surface area is 165 Å². The summed E-state index contributed by atoms with van der Waals surface area (Å²) < 4.78 is 19.6. The van der Waals surface area contributed by atoms with Crippen LogP contribution in [0.3, 0.4) is 0 Å². The largest absolute Gasteiger partial charge is 0.458 e. The van der Waals surface area contributed by atoms with Crippen LogP contribution in [-0.2, 0) is 0 Å². The number of halogens is 1. The maximum Gasteiger partial charge on any atom is 0.210 e. The maximum atomic E-state index is 13.3. The van der Waals surface area contributed by atoms with Crippen molar-refractivity contribution in [3.05, 3.63) is 121 Å². The summed E-state index contributed by atoms with van der Waals surface area (Å²) in [5.74, 6) is 0.413. The van der Waals surface area contributed by atoms with Crippen LogP contribution in [0.5, 0.6) is 5.75 Å². The Morgan fingerprint density at radius 1 is 0.536 bits per heavy atom. The lowest BCUT2D eigenvalue weighted by atomic mass is 10.3. The minimum Gasteiger partial charge on any atom is -0.458 e. The molecule has 0 radical (unpaired) electrons. The fourth-order valence-electron chi connectivity index (χ4n) is 3.42. The summed E-state index contributed by atoms with van der Waals surface area (Å²) in [7, 11) is -2.05. The van der Waals surface area contributed by atoms with Crippen LogP contribution in [0.2, 0.25) is 0 Å². The van der Waals surface area contributed by atoms with Crippen molar-refractivity contribution >= 4 is 23.2 Å². The molecule has 0 heterocycles. The normalized spacial score (nSPS) is 11.2. The van der Waals surface area contributed by atoms with E-state index >= 15 is 0 Å². The first-order chi connectivity index (χ1) is 13.8. The smallest absolute Gasteiger partial charge is 0.210 e. The second kappa shape index (κ2) is 8.37. The van der Waals surface area contributed by atoms with Crippen molar-refractivity contribution in [3.8, 4) is 5.75 Å². The van der Waals surface area contributed by atoms with Gasteiger partial charge in [-0.3, -0.25) is 0 Å². The van der Waals surface area contributed by atoms with E-state index < -0.39 is 7.26 Å². The molecule has 0 amide bonds. The topological polar surface area (TPSA) is 9.23 Å². The van der Waals surface area contributed by atoms with E-state index in [1.165, 1.54) is 28.0 Å². The van der Waals surface area contributed by atoms with Crippen LogP contribution < -0.4 is 20.7 Å². The molecule has 0 N–H and O–H groups in total. The Balaban J connectivity index is 1.86. The van der Waals surface area contributed by atoms with Crippen molar-refractivity contribution in [2.45, 2.75) is 0 Å². The highest BCUT2D eigenvalue weighted by Crippen LogP contribution is 2.55. The molecule has 4 rings (SSSR count). The van der Waals surface area contributed by atoms with E-state index in [-0.39, 0.29) is 5.82 Å². The molecule has 1 nitrogen and oxygen atoms in total. The van der Waals surface area contributed by atoms with Gasteiger partial charge >= 0.3 is 0 Å². The Kier molecular flexibility index (Phi) is 5.50. The molecule has 0 atom stereocenters. The lowest BCUT2D eigenvalue weighted by molar-refractivity contribution is 0.387. The Morgan fingerprint density at radius 2 is 0.929 bits per heavy atom. The lowest BCUT2D eigenvalue weighted by Crippen LogP contribution is -2.35.